The highest BCUT2D eigenvalue weighted by molar-refractivity contribution is 7.82. The van der Waals surface area contributed by atoms with Crippen LogP contribution < -0.4 is 10.6 Å². The van der Waals surface area contributed by atoms with E-state index in [9.17, 15) is 13.7 Å². The number of nitrogens with one attached hydrogen (secondary N) is 2. The van der Waals surface area contributed by atoms with Crippen molar-refractivity contribution in [3.63, 3.8) is 0 Å². The van der Waals surface area contributed by atoms with Crippen LogP contribution in [0.2, 0.25) is 0 Å². The lowest BCUT2D eigenvalue weighted by Gasteiger charge is -2.39. The zero-order chi connectivity index (χ0) is 25.0. The molecule has 2 aliphatic rings. The van der Waals surface area contributed by atoms with Gasteiger partial charge in [-0.05, 0) is 93.4 Å². The molecule has 0 bridgehead atoms. The topological polar surface area (TPSA) is 93.6 Å². The monoisotopic (exact) mass is 510 g/mol. The second kappa shape index (κ2) is 11.0. The minimum Gasteiger partial charge on any atom is -0.388 e. The van der Waals surface area contributed by atoms with Crippen LogP contribution in [0.4, 0.5) is 27.5 Å². The average molecular weight is 511 g/mol. The van der Waals surface area contributed by atoms with Gasteiger partial charge in [-0.15, -0.1) is 0 Å². The second-order valence-corrected chi connectivity index (χ2v) is 10.9. The van der Waals surface area contributed by atoms with Crippen LogP contribution in [0.3, 0.4) is 0 Å². The molecule has 0 aliphatic carbocycles. The first-order valence-electron chi connectivity index (χ1n) is 12.3. The molecule has 0 saturated carbocycles. The molecule has 0 amide bonds. The summed E-state index contributed by atoms with van der Waals surface area (Å²) >= 11 is 0. The van der Waals surface area contributed by atoms with E-state index in [1.807, 2.05) is 28.6 Å². The molecule has 10 heteroatoms. The maximum absolute atomic E-state index is 13.1. The molecule has 1 unspecified atom stereocenters. The first-order chi connectivity index (χ1) is 17.5. The van der Waals surface area contributed by atoms with Gasteiger partial charge in [0.25, 0.3) is 0 Å². The normalized spacial score (nSPS) is 19.2. The predicted molar refractivity (Wildman–Crippen MR) is 139 cm³/mol. The van der Waals surface area contributed by atoms with E-state index < -0.39 is 16.6 Å². The van der Waals surface area contributed by atoms with Gasteiger partial charge in [-0.3, -0.25) is 0 Å². The van der Waals surface area contributed by atoms with E-state index in [1.54, 1.807) is 24.4 Å². The van der Waals surface area contributed by atoms with Gasteiger partial charge in [0.2, 0.25) is 5.95 Å². The molecule has 3 heterocycles. The minimum atomic E-state index is -1.28. The standard InChI is InChI=1S/C26H31FN6O2S/c27-20-3-5-21(6-4-20)29-24-11-14-28-25(31-24)30-22-7-9-23(10-8-22)36(35)33-17-12-26(34,13-18-33)19-32-15-1-2-16-32/h3-11,14,34H,1-2,12-13,15-19H2,(H2,28,29,30,31). The number of hydrogen-bond donors (Lipinski definition) is 3. The molecular weight excluding hydrogens is 479 g/mol. The van der Waals surface area contributed by atoms with Gasteiger partial charge in [0, 0.05) is 37.2 Å². The summed E-state index contributed by atoms with van der Waals surface area (Å²) in [5, 5.41) is 17.3. The number of anilines is 4. The van der Waals surface area contributed by atoms with E-state index in [0.717, 1.165) is 35.9 Å². The SMILES string of the molecule is O=S(c1ccc(Nc2nccc(Nc3ccc(F)cc3)n2)cc1)N1CCC(O)(CN2CCCC2)CC1. The fourth-order valence-electron chi connectivity index (χ4n) is 4.69. The average Bonchev–Trinajstić information content (AvgIpc) is 3.39. The number of benzene rings is 2. The lowest BCUT2D eigenvalue weighted by Crippen LogP contribution is -2.50. The molecule has 190 valence electrons. The van der Waals surface area contributed by atoms with Crippen LogP contribution >= 0.6 is 0 Å². The van der Waals surface area contributed by atoms with E-state index in [1.165, 1.54) is 25.0 Å². The number of aromatic nitrogens is 2. The van der Waals surface area contributed by atoms with Gasteiger partial charge in [-0.2, -0.15) is 4.98 Å². The molecule has 0 spiro atoms. The van der Waals surface area contributed by atoms with Crippen molar-refractivity contribution in [3.05, 3.63) is 66.6 Å². The Morgan fingerprint density at radius 1 is 0.917 bits per heavy atom. The number of halogens is 1. The Morgan fingerprint density at radius 3 is 2.25 bits per heavy atom. The third kappa shape index (κ3) is 6.25. The fraction of sp³-hybridized carbons (Fsp3) is 0.385. The van der Waals surface area contributed by atoms with Crippen LogP contribution in [0, 0.1) is 5.82 Å². The second-order valence-electron chi connectivity index (χ2n) is 9.43. The Labute approximate surface area is 213 Å². The molecule has 1 aromatic heterocycles. The number of β-amino-alcohol motifs (C(OH)–C–C–N with tert-alkyl or cyclic N) is 1. The summed E-state index contributed by atoms with van der Waals surface area (Å²) < 4.78 is 28.2. The van der Waals surface area contributed by atoms with Crippen LogP contribution in [0.1, 0.15) is 25.7 Å². The van der Waals surface area contributed by atoms with Gasteiger partial charge in [-0.25, -0.2) is 17.9 Å². The molecule has 8 nitrogen and oxygen atoms in total. The highest BCUT2D eigenvalue weighted by atomic mass is 32.2. The first-order valence-corrected chi connectivity index (χ1v) is 13.4. The molecule has 2 aromatic carbocycles. The Bertz CT molecular complexity index is 1180. The molecule has 36 heavy (non-hydrogen) atoms. The zero-order valence-corrected chi connectivity index (χ0v) is 20.9. The molecule has 1 atom stereocenters. The van der Waals surface area contributed by atoms with Gasteiger partial charge in [0.1, 0.15) is 22.6 Å². The predicted octanol–water partition coefficient (Wildman–Crippen LogP) is 4.05. The third-order valence-electron chi connectivity index (χ3n) is 6.69. The quantitative estimate of drug-likeness (QED) is 0.421. The fourth-order valence-corrected chi connectivity index (χ4v) is 5.87. The maximum atomic E-state index is 13.1. The number of piperidine rings is 1. The number of nitrogens with zero attached hydrogens (tertiary/aromatic N) is 4. The molecule has 0 radical (unpaired) electrons. The molecule has 5 rings (SSSR count). The Morgan fingerprint density at radius 2 is 1.56 bits per heavy atom. The van der Waals surface area contributed by atoms with E-state index in [0.29, 0.717) is 37.7 Å². The van der Waals surface area contributed by atoms with Gasteiger partial charge >= 0.3 is 0 Å². The van der Waals surface area contributed by atoms with Gasteiger partial charge in [-0.1, -0.05) is 0 Å². The molecule has 2 fully saturated rings. The summed E-state index contributed by atoms with van der Waals surface area (Å²) in [6.07, 6.45) is 5.32. The highest BCUT2D eigenvalue weighted by Gasteiger charge is 2.36. The van der Waals surface area contributed by atoms with Crippen LogP contribution in [0.5, 0.6) is 0 Å². The van der Waals surface area contributed by atoms with Crippen molar-refractivity contribution in [1.29, 1.82) is 0 Å². The van der Waals surface area contributed by atoms with E-state index in [-0.39, 0.29) is 5.82 Å². The summed E-state index contributed by atoms with van der Waals surface area (Å²) in [6, 6.07) is 15.1. The Hall–Kier alpha value is -2.92. The molecule has 3 aromatic rings. The van der Waals surface area contributed by atoms with Crippen molar-refractivity contribution in [2.24, 2.45) is 0 Å². The summed E-state index contributed by atoms with van der Waals surface area (Å²) in [5.41, 5.74) is 0.812. The molecule has 3 N–H and O–H groups in total. The van der Waals surface area contributed by atoms with Crippen molar-refractivity contribution < 1.29 is 13.7 Å². The number of aliphatic hydroxyl groups is 1. The van der Waals surface area contributed by atoms with Crippen molar-refractivity contribution in [1.82, 2.24) is 19.2 Å². The van der Waals surface area contributed by atoms with E-state index >= 15 is 0 Å². The largest absolute Gasteiger partial charge is 0.388 e. The van der Waals surface area contributed by atoms with E-state index in [4.69, 9.17) is 0 Å². The van der Waals surface area contributed by atoms with Crippen LogP contribution in [0.25, 0.3) is 0 Å². The third-order valence-corrected chi connectivity index (χ3v) is 8.20. The highest BCUT2D eigenvalue weighted by Crippen LogP contribution is 2.28. The van der Waals surface area contributed by atoms with Crippen LogP contribution in [-0.2, 0) is 11.0 Å². The van der Waals surface area contributed by atoms with Crippen LogP contribution in [-0.4, -0.2) is 66.8 Å². The summed E-state index contributed by atoms with van der Waals surface area (Å²) in [6.45, 7) is 4.07. The van der Waals surface area contributed by atoms with Gasteiger partial charge in [0.15, 0.2) is 0 Å². The summed E-state index contributed by atoms with van der Waals surface area (Å²) in [4.78, 5) is 11.8. The number of rotatable bonds is 8. The van der Waals surface area contributed by atoms with Crippen molar-refractivity contribution in [3.8, 4) is 0 Å². The van der Waals surface area contributed by atoms with Gasteiger partial charge < -0.3 is 20.6 Å². The molecular formula is C26H31FN6O2S. The maximum Gasteiger partial charge on any atom is 0.229 e. The van der Waals surface area contributed by atoms with Gasteiger partial charge in [0.05, 0.1) is 10.5 Å². The lowest BCUT2D eigenvalue weighted by atomic mass is 9.92. The van der Waals surface area contributed by atoms with Crippen molar-refractivity contribution in [2.45, 2.75) is 36.2 Å². The summed E-state index contributed by atoms with van der Waals surface area (Å²) in [7, 11) is -1.28. The Kier molecular flexibility index (Phi) is 7.56. The number of likely N-dealkylation sites (tertiary alicyclic amines) is 1. The first kappa shape index (κ1) is 24.8. The lowest BCUT2D eigenvalue weighted by molar-refractivity contribution is -0.0278. The number of hydrogen-bond acceptors (Lipinski definition) is 7. The Balaban J connectivity index is 1.15. The van der Waals surface area contributed by atoms with Crippen LogP contribution in [0.15, 0.2) is 65.7 Å². The van der Waals surface area contributed by atoms with Crippen molar-refractivity contribution >= 4 is 34.1 Å². The van der Waals surface area contributed by atoms with E-state index in [2.05, 4.69) is 25.5 Å². The molecule has 2 aliphatic heterocycles. The van der Waals surface area contributed by atoms with Crippen molar-refractivity contribution in [2.75, 3.05) is 43.4 Å². The smallest absolute Gasteiger partial charge is 0.229 e. The molecule has 2 saturated heterocycles. The zero-order valence-electron chi connectivity index (χ0n) is 20.1. The minimum absolute atomic E-state index is 0.297. The summed E-state index contributed by atoms with van der Waals surface area (Å²) in [5.74, 6) is 0.685.